The highest BCUT2D eigenvalue weighted by Crippen LogP contribution is 2.41. The highest BCUT2D eigenvalue weighted by molar-refractivity contribution is 6.50. The maximum absolute atomic E-state index is 13.0. The minimum Gasteiger partial charge on any atom is -0.341 e. The van der Waals surface area contributed by atoms with Crippen molar-refractivity contribution in [2.75, 3.05) is 11.9 Å². The molecule has 0 saturated carbocycles. The Labute approximate surface area is 176 Å². The van der Waals surface area contributed by atoms with Crippen LogP contribution < -0.4 is 4.90 Å². The lowest BCUT2D eigenvalue weighted by atomic mass is 9.88. The number of hydrogen-bond donors (Lipinski definition) is 0. The molecule has 4 nitrogen and oxygen atoms in total. The van der Waals surface area contributed by atoms with E-state index in [1.807, 2.05) is 18.9 Å². The van der Waals surface area contributed by atoms with Crippen molar-refractivity contribution in [1.82, 2.24) is 0 Å². The van der Waals surface area contributed by atoms with Gasteiger partial charge < -0.3 is 4.90 Å². The van der Waals surface area contributed by atoms with E-state index in [0.717, 1.165) is 5.69 Å². The van der Waals surface area contributed by atoms with E-state index in [2.05, 4.69) is 4.99 Å². The largest absolute Gasteiger partial charge is 0.341 e. The van der Waals surface area contributed by atoms with Gasteiger partial charge in [0.05, 0.1) is 37.9 Å². The molecule has 140 valence electrons. The SMILES string of the molecule is CC1=Nc2cc(Cl)c(Cl)cc2N(C)C1=CC1=C(Cl)C(=O)c2ccccc2C1=O. The Bertz CT molecular complexity index is 1160. The summed E-state index contributed by atoms with van der Waals surface area (Å²) in [5.41, 5.74) is 3.50. The molecule has 2 aliphatic rings. The number of nitrogens with zero attached hydrogens (tertiary/aromatic N) is 2. The lowest BCUT2D eigenvalue weighted by Gasteiger charge is -2.29. The fraction of sp³-hybridized carbons (Fsp3) is 0.0952. The van der Waals surface area contributed by atoms with Gasteiger partial charge in [0.25, 0.3) is 0 Å². The molecule has 0 radical (unpaired) electrons. The average molecular weight is 432 g/mol. The lowest BCUT2D eigenvalue weighted by molar-refractivity contribution is 0.0983. The molecule has 1 aliphatic carbocycles. The van der Waals surface area contributed by atoms with E-state index < -0.39 is 0 Å². The maximum atomic E-state index is 13.0. The molecule has 0 bridgehead atoms. The second-order valence-corrected chi connectivity index (χ2v) is 7.66. The van der Waals surface area contributed by atoms with Crippen molar-refractivity contribution in [3.63, 3.8) is 0 Å². The molecule has 1 aliphatic heterocycles. The van der Waals surface area contributed by atoms with Crippen LogP contribution in [0.3, 0.4) is 0 Å². The van der Waals surface area contributed by atoms with Crippen molar-refractivity contribution in [2.45, 2.75) is 6.92 Å². The summed E-state index contributed by atoms with van der Waals surface area (Å²) in [6.07, 6.45) is 1.60. The Morgan fingerprint density at radius 2 is 1.57 bits per heavy atom. The highest BCUT2D eigenvalue weighted by atomic mass is 35.5. The molecular weight excluding hydrogens is 419 g/mol. The van der Waals surface area contributed by atoms with Crippen LogP contribution in [0, 0.1) is 0 Å². The van der Waals surface area contributed by atoms with Crippen LogP contribution in [0.5, 0.6) is 0 Å². The van der Waals surface area contributed by atoms with Gasteiger partial charge in [-0.15, -0.1) is 0 Å². The summed E-state index contributed by atoms with van der Waals surface area (Å²) in [5, 5.41) is 0.710. The summed E-state index contributed by atoms with van der Waals surface area (Å²) < 4.78 is 0. The Morgan fingerprint density at radius 1 is 0.964 bits per heavy atom. The molecule has 4 rings (SSSR count). The number of aliphatic imine (C=N–C) groups is 1. The molecule has 0 aromatic heterocycles. The zero-order valence-electron chi connectivity index (χ0n) is 14.9. The third-order valence-electron chi connectivity index (χ3n) is 4.78. The number of fused-ring (bicyclic) bond motifs is 2. The topological polar surface area (TPSA) is 49.7 Å². The molecule has 1 heterocycles. The zero-order chi connectivity index (χ0) is 20.2. The van der Waals surface area contributed by atoms with Gasteiger partial charge in [-0.3, -0.25) is 9.59 Å². The van der Waals surface area contributed by atoms with E-state index in [9.17, 15) is 9.59 Å². The number of halogens is 3. The van der Waals surface area contributed by atoms with Crippen LogP contribution in [0.2, 0.25) is 10.0 Å². The van der Waals surface area contributed by atoms with Crippen molar-refractivity contribution in [1.29, 1.82) is 0 Å². The number of carbonyl (C=O) groups is 2. The molecule has 7 heteroatoms. The Morgan fingerprint density at radius 3 is 2.25 bits per heavy atom. The highest BCUT2D eigenvalue weighted by Gasteiger charge is 2.31. The van der Waals surface area contributed by atoms with Crippen molar-refractivity contribution >= 4 is 63.5 Å². The van der Waals surface area contributed by atoms with Crippen LogP contribution >= 0.6 is 34.8 Å². The molecule has 0 spiro atoms. The van der Waals surface area contributed by atoms with E-state index >= 15 is 0 Å². The predicted octanol–water partition coefficient (Wildman–Crippen LogP) is 5.99. The second kappa shape index (κ2) is 6.89. The first-order valence-corrected chi connectivity index (χ1v) is 9.51. The van der Waals surface area contributed by atoms with Crippen LogP contribution in [0.25, 0.3) is 0 Å². The van der Waals surface area contributed by atoms with Crippen LogP contribution in [0.1, 0.15) is 27.6 Å². The first kappa shape index (κ1) is 18.9. The van der Waals surface area contributed by atoms with E-state index in [1.54, 1.807) is 42.5 Å². The number of Topliss-reactive ketones (excluding diaryl/α,β-unsaturated/α-hetero) is 2. The Hall–Kier alpha value is -2.40. The van der Waals surface area contributed by atoms with Crippen molar-refractivity contribution < 1.29 is 9.59 Å². The number of carbonyl (C=O) groups excluding carboxylic acids is 2. The summed E-state index contributed by atoms with van der Waals surface area (Å²) in [6, 6.07) is 10.0. The molecule has 28 heavy (non-hydrogen) atoms. The molecule has 0 fully saturated rings. The molecule has 0 N–H and O–H groups in total. The van der Waals surface area contributed by atoms with Crippen molar-refractivity contribution in [2.24, 2.45) is 4.99 Å². The summed E-state index contributed by atoms with van der Waals surface area (Å²) in [4.78, 5) is 32.0. The minimum atomic E-state index is -0.369. The maximum Gasteiger partial charge on any atom is 0.205 e. The Balaban J connectivity index is 1.86. The first-order valence-electron chi connectivity index (χ1n) is 8.38. The van der Waals surface area contributed by atoms with Gasteiger partial charge in [-0.2, -0.15) is 0 Å². The summed E-state index contributed by atoms with van der Waals surface area (Å²) in [6.45, 7) is 1.81. The van der Waals surface area contributed by atoms with E-state index in [0.29, 0.717) is 38.3 Å². The van der Waals surface area contributed by atoms with Crippen LogP contribution in [0.4, 0.5) is 11.4 Å². The third-order valence-corrected chi connectivity index (χ3v) is 5.87. The van der Waals surface area contributed by atoms with Gasteiger partial charge in [0.2, 0.25) is 5.78 Å². The quantitative estimate of drug-likeness (QED) is 0.557. The molecule has 0 atom stereocenters. The molecule has 2 aromatic rings. The minimum absolute atomic E-state index is 0.0997. The normalized spacial score (nSPS) is 17.7. The van der Waals surface area contributed by atoms with Crippen molar-refractivity contribution in [3.8, 4) is 0 Å². The molecule has 0 amide bonds. The number of allylic oxidation sites excluding steroid dienone is 4. The number of rotatable bonds is 1. The van der Waals surface area contributed by atoms with Crippen molar-refractivity contribution in [3.05, 3.63) is 79.9 Å². The van der Waals surface area contributed by atoms with Gasteiger partial charge in [-0.1, -0.05) is 59.1 Å². The smallest absolute Gasteiger partial charge is 0.205 e. The lowest BCUT2D eigenvalue weighted by Crippen LogP contribution is -2.26. The van der Waals surface area contributed by atoms with Crippen LogP contribution in [0.15, 0.2) is 63.8 Å². The second-order valence-electron chi connectivity index (χ2n) is 6.47. The number of anilines is 1. The number of hydrogen-bond acceptors (Lipinski definition) is 4. The van der Waals surface area contributed by atoms with E-state index in [1.165, 1.54) is 0 Å². The van der Waals surface area contributed by atoms with Crippen LogP contribution in [-0.2, 0) is 0 Å². The predicted molar refractivity (Wildman–Crippen MR) is 114 cm³/mol. The fourth-order valence-electron chi connectivity index (χ4n) is 3.33. The van der Waals surface area contributed by atoms with Gasteiger partial charge in [0.1, 0.15) is 0 Å². The standard InChI is InChI=1S/C21H13Cl3N2O2/c1-10-17(26(2)18-9-15(23)14(22)8-16(18)25-10)7-13-19(24)21(28)12-6-4-3-5-11(12)20(13)27/h3-9H,1-2H3. The zero-order valence-corrected chi connectivity index (χ0v) is 17.2. The van der Waals surface area contributed by atoms with E-state index in [-0.39, 0.29) is 22.2 Å². The number of benzene rings is 2. The molecule has 0 unspecified atom stereocenters. The monoisotopic (exact) mass is 430 g/mol. The van der Waals surface area contributed by atoms with Gasteiger partial charge in [-0.05, 0) is 25.1 Å². The molecular formula is C21H13Cl3N2O2. The summed E-state index contributed by atoms with van der Waals surface area (Å²) in [5.74, 6) is -0.666. The fourth-order valence-corrected chi connectivity index (χ4v) is 3.88. The Kier molecular flexibility index (Phi) is 4.66. The molecule has 2 aromatic carbocycles. The van der Waals surface area contributed by atoms with E-state index in [4.69, 9.17) is 34.8 Å². The summed E-state index contributed by atoms with van der Waals surface area (Å²) in [7, 11) is 1.82. The third kappa shape index (κ3) is 2.89. The van der Waals surface area contributed by atoms with Gasteiger partial charge >= 0.3 is 0 Å². The number of ketones is 2. The average Bonchev–Trinajstić information content (AvgIpc) is 2.67. The summed E-state index contributed by atoms with van der Waals surface area (Å²) >= 11 is 18.5. The van der Waals surface area contributed by atoms with Crippen LogP contribution in [-0.4, -0.2) is 24.3 Å². The molecule has 0 saturated heterocycles. The van der Waals surface area contributed by atoms with Gasteiger partial charge in [-0.25, -0.2) is 4.99 Å². The van der Waals surface area contributed by atoms with Gasteiger partial charge in [0.15, 0.2) is 5.78 Å². The van der Waals surface area contributed by atoms with Gasteiger partial charge in [0, 0.05) is 23.7 Å². The first-order chi connectivity index (χ1) is 13.3.